The first-order chi connectivity index (χ1) is 10.7. The van der Waals surface area contributed by atoms with E-state index in [-0.39, 0.29) is 0 Å². The minimum absolute atomic E-state index is 0.449. The van der Waals surface area contributed by atoms with Crippen molar-refractivity contribution in [2.24, 2.45) is 0 Å². The van der Waals surface area contributed by atoms with Gasteiger partial charge < -0.3 is 9.32 Å². The Labute approximate surface area is 134 Å². The third-order valence-corrected chi connectivity index (χ3v) is 5.33. The maximum absolute atomic E-state index is 5.77. The molecule has 4 rings (SSSR count). The van der Waals surface area contributed by atoms with Crippen LogP contribution in [0.25, 0.3) is 0 Å². The lowest BCUT2D eigenvalue weighted by Gasteiger charge is -2.39. The number of hydrogen-bond donors (Lipinski definition) is 0. The van der Waals surface area contributed by atoms with E-state index in [2.05, 4.69) is 37.3 Å². The fourth-order valence-corrected chi connectivity index (χ4v) is 3.88. The van der Waals surface area contributed by atoms with Gasteiger partial charge in [0.1, 0.15) is 0 Å². The van der Waals surface area contributed by atoms with Crippen molar-refractivity contribution in [3.63, 3.8) is 0 Å². The summed E-state index contributed by atoms with van der Waals surface area (Å²) in [4.78, 5) is 9.40. The number of aryl methyl sites for hydroxylation is 1. The summed E-state index contributed by atoms with van der Waals surface area (Å²) in [6.45, 7) is 8.07. The molecule has 1 saturated carbocycles. The zero-order chi connectivity index (χ0) is 15.1. The first-order valence-corrected chi connectivity index (χ1v) is 8.80. The molecule has 0 bridgehead atoms. The lowest BCUT2D eigenvalue weighted by atomic mass is 10.2. The van der Waals surface area contributed by atoms with Gasteiger partial charge in [-0.1, -0.05) is 0 Å². The monoisotopic (exact) mass is 319 g/mol. The van der Waals surface area contributed by atoms with E-state index in [0.717, 1.165) is 48.8 Å². The number of anilines is 1. The van der Waals surface area contributed by atoms with E-state index >= 15 is 0 Å². The highest BCUT2D eigenvalue weighted by Crippen LogP contribution is 2.39. The van der Waals surface area contributed by atoms with Crippen LogP contribution < -0.4 is 4.90 Å². The standard InChI is InChI=1S/C15H21N5OS/c1-10-9-22-15(16-10)20-6-5-19(7-11(20)2)8-13-17-18-14(21-13)12-3-4-12/h9,11-12H,3-8H2,1-2H3/t11-/m1/s1. The van der Waals surface area contributed by atoms with E-state index in [1.807, 2.05) is 6.92 Å². The van der Waals surface area contributed by atoms with Gasteiger partial charge in [0.25, 0.3) is 0 Å². The summed E-state index contributed by atoms with van der Waals surface area (Å²) in [5, 5.41) is 11.6. The smallest absolute Gasteiger partial charge is 0.230 e. The molecule has 0 aromatic carbocycles. The Morgan fingerprint density at radius 2 is 2.18 bits per heavy atom. The van der Waals surface area contributed by atoms with Gasteiger partial charge in [-0.25, -0.2) is 4.98 Å². The van der Waals surface area contributed by atoms with E-state index < -0.39 is 0 Å². The Morgan fingerprint density at radius 3 is 2.86 bits per heavy atom. The van der Waals surface area contributed by atoms with Crippen molar-refractivity contribution in [2.45, 2.75) is 45.2 Å². The molecular weight excluding hydrogens is 298 g/mol. The van der Waals surface area contributed by atoms with E-state index in [4.69, 9.17) is 4.42 Å². The number of nitrogens with zero attached hydrogens (tertiary/aromatic N) is 5. The summed E-state index contributed by atoms with van der Waals surface area (Å²) in [7, 11) is 0. The molecular formula is C15H21N5OS. The highest BCUT2D eigenvalue weighted by Gasteiger charge is 2.30. The number of hydrogen-bond acceptors (Lipinski definition) is 7. The molecule has 0 spiro atoms. The lowest BCUT2D eigenvalue weighted by molar-refractivity contribution is 0.200. The summed E-state index contributed by atoms with van der Waals surface area (Å²) in [5.41, 5.74) is 1.10. The van der Waals surface area contributed by atoms with Crippen LogP contribution in [-0.4, -0.2) is 45.8 Å². The Hall–Kier alpha value is -1.47. The van der Waals surface area contributed by atoms with Crippen LogP contribution in [0.4, 0.5) is 5.13 Å². The number of rotatable bonds is 4. The van der Waals surface area contributed by atoms with Gasteiger partial charge >= 0.3 is 0 Å². The van der Waals surface area contributed by atoms with Gasteiger partial charge in [-0.15, -0.1) is 21.5 Å². The molecule has 7 heteroatoms. The lowest BCUT2D eigenvalue weighted by Crippen LogP contribution is -2.51. The predicted molar refractivity (Wildman–Crippen MR) is 85.2 cm³/mol. The van der Waals surface area contributed by atoms with Crippen LogP contribution in [0.5, 0.6) is 0 Å². The highest BCUT2D eigenvalue weighted by atomic mass is 32.1. The van der Waals surface area contributed by atoms with Crippen molar-refractivity contribution in [1.82, 2.24) is 20.1 Å². The van der Waals surface area contributed by atoms with Crippen LogP contribution in [0.3, 0.4) is 0 Å². The van der Waals surface area contributed by atoms with Gasteiger partial charge in [-0.2, -0.15) is 0 Å². The van der Waals surface area contributed by atoms with Crippen molar-refractivity contribution < 1.29 is 4.42 Å². The molecule has 2 aromatic heterocycles. The topological polar surface area (TPSA) is 58.3 Å². The quantitative estimate of drug-likeness (QED) is 0.862. The molecule has 0 N–H and O–H groups in total. The molecule has 1 saturated heterocycles. The summed E-state index contributed by atoms with van der Waals surface area (Å²) < 4.78 is 5.77. The average molecular weight is 319 g/mol. The van der Waals surface area contributed by atoms with Gasteiger partial charge in [0.15, 0.2) is 5.13 Å². The maximum atomic E-state index is 5.77. The second kappa shape index (κ2) is 5.62. The van der Waals surface area contributed by atoms with Gasteiger partial charge in [0.2, 0.25) is 11.8 Å². The summed E-state index contributed by atoms with van der Waals surface area (Å²) in [6, 6.07) is 0.449. The molecule has 22 heavy (non-hydrogen) atoms. The third kappa shape index (κ3) is 2.87. The average Bonchev–Trinajstić information content (AvgIpc) is 3.10. The molecule has 2 aromatic rings. The minimum Gasteiger partial charge on any atom is -0.424 e. The molecule has 0 unspecified atom stereocenters. The van der Waals surface area contributed by atoms with Gasteiger partial charge in [0.05, 0.1) is 12.2 Å². The molecule has 2 aliphatic rings. The van der Waals surface area contributed by atoms with Crippen molar-refractivity contribution in [1.29, 1.82) is 0 Å². The van der Waals surface area contributed by atoms with E-state index in [0.29, 0.717) is 12.0 Å². The van der Waals surface area contributed by atoms with Crippen LogP contribution in [0, 0.1) is 6.92 Å². The van der Waals surface area contributed by atoms with E-state index in [1.165, 1.54) is 12.8 Å². The Kier molecular flexibility index (Phi) is 3.62. The molecule has 0 radical (unpaired) electrons. The van der Waals surface area contributed by atoms with Gasteiger partial charge in [0, 0.05) is 37.0 Å². The summed E-state index contributed by atoms with van der Waals surface area (Å²) >= 11 is 1.73. The van der Waals surface area contributed by atoms with Crippen LogP contribution in [0.1, 0.15) is 43.2 Å². The second-order valence-corrected chi connectivity index (χ2v) is 7.19. The third-order valence-electron chi connectivity index (χ3n) is 4.33. The van der Waals surface area contributed by atoms with Crippen LogP contribution in [0.2, 0.25) is 0 Å². The van der Waals surface area contributed by atoms with Crippen LogP contribution in [0.15, 0.2) is 9.80 Å². The van der Waals surface area contributed by atoms with E-state index in [9.17, 15) is 0 Å². The maximum Gasteiger partial charge on any atom is 0.230 e. The molecule has 118 valence electrons. The predicted octanol–water partition coefficient (Wildman–Crippen LogP) is 2.42. The Morgan fingerprint density at radius 1 is 1.32 bits per heavy atom. The zero-order valence-electron chi connectivity index (χ0n) is 13.0. The molecule has 0 amide bonds. The van der Waals surface area contributed by atoms with Crippen molar-refractivity contribution in [3.8, 4) is 0 Å². The van der Waals surface area contributed by atoms with Crippen molar-refractivity contribution >= 4 is 16.5 Å². The molecule has 3 heterocycles. The fourth-order valence-electron chi connectivity index (χ4n) is 2.95. The van der Waals surface area contributed by atoms with Crippen molar-refractivity contribution in [2.75, 3.05) is 24.5 Å². The normalized spacial score (nSPS) is 23.2. The first-order valence-electron chi connectivity index (χ1n) is 7.92. The molecule has 6 nitrogen and oxygen atoms in total. The Balaban J connectivity index is 1.37. The SMILES string of the molecule is Cc1csc(N2CCN(Cc3nnc(C4CC4)o3)C[C@H]2C)n1. The zero-order valence-corrected chi connectivity index (χ0v) is 13.8. The van der Waals surface area contributed by atoms with Crippen molar-refractivity contribution in [3.05, 3.63) is 22.9 Å². The van der Waals surface area contributed by atoms with Crippen LogP contribution in [-0.2, 0) is 6.54 Å². The number of piperazine rings is 1. The second-order valence-electron chi connectivity index (χ2n) is 6.36. The fraction of sp³-hybridized carbons (Fsp3) is 0.667. The molecule has 1 aliphatic heterocycles. The first kappa shape index (κ1) is 14.1. The highest BCUT2D eigenvalue weighted by molar-refractivity contribution is 7.13. The summed E-state index contributed by atoms with van der Waals surface area (Å²) in [6.07, 6.45) is 2.40. The van der Waals surface area contributed by atoms with E-state index in [1.54, 1.807) is 11.3 Å². The largest absolute Gasteiger partial charge is 0.424 e. The Bertz CT molecular complexity index is 650. The number of thiazole rings is 1. The van der Waals surface area contributed by atoms with Gasteiger partial charge in [-0.3, -0.25) is 4.90 Å². The minimum atomic E-state index is 0.449. The molecule has 1 atom stereocenters. The molecule has 1 aliphatic carbocycles. The summed E-state index contributed by atoms with van der Waals surface area (Å²) in [5.74, 6) is 2.12. The van der Waals surface area contributed by atoms with Crippen LogP contribution >= 0.6 is 11.3 Å². The number of aromatic nitrogens is 3. The molecule has 2 fully saturated rings. The van der Waals surface area contributed by atoms with Gasteiger partial charge in [-0.05, 0) is 26.7 Å².